The zero-order chi connectivity index (χ0) is 16.9. The van der Waals surface area contributed by atoms with Crippen molar-refractivity contribution in [3.05, 3.63) is 30.3 Å². The molecule has 1 heterocycles. The van der Waals surface area contributed by atoms with Crippen molar-refractivity contribution in [3.8, 4) is 0 Å². The molecule has 23 heavy (non-hydrogen) atoms. The third-order valence-corrected chi connectivity index (χ3v) is 6.15. The summed E-state index contributed by atoms with van der Waals surface area (Å²) in [6.07, 6.45) is 0.684. The highest BCUT2D eigenvalue weighted by molar-refractivity contribution is 7.91. The molecule has 2 atom stereocenters. The Hall–Kier alpha value is -0.950. The fourth-order valence-electron chi connectivity index (χ4n) is 3.12. The molecule has 1 aliphatic rings. The molecule has 1 fully saturated rings. The molecule has 0 aromatic heterocycles. The Morgan fingerprint density at radius 2 is 1.96 bits per heavy atom. The molecule has 0 unspecified atom stereocenters. The van der Waals surface area contributed by atoms with E-state index in [2.05, 4.69) is 16.7 Å². The van der Waals surface area contributed by atoms with Gasteiger partial charge in [-0.15, -0.1) is 0 Å². The SMILES string of the molecule is CC[C@H]1CN(CCS(=O)(=O)c2ccccc2)CCN1C[C@H](C)O. The number of β-amino-alcohol motifs (C(OH)–C–C–N with tert-alkyl or cyclic N) is 1. The van der Waals surface area contributed by atoms with Gasteiger partial charge in [0.2, 0.25) is 0 Å². The lowest BCUT2D eigenvalue weighted by Gasteiger charge is -2.41. The topological polar surface area (TPSA) is 60.9 Å². The van der Waals surface area contributed by atoms with Crippen molar-refractivity contribution in [2.75, 3.05) is 38.5 Å². The number of sulfone groups is 1. The molecular formula is C17H28N2O3S. The maximum atomic E-state index is 12.4. The highest BCUT2D eigenvalue weighted by Gasteiger charge is 2.27. The van der Waals surface area contributed by atoms with Crippen LogP contribution in [-0.2, 0) is 9.84 Å². The first kappa shape index (κ1) is 18.4. The van der Waals surface area contributed by atoms with Gasteiger partial charge in [0, 0.05) is 38.8 Å². The van der Waals surface area contributed by atoms with E-state index >= 15 is 0 Å². The first-order valence-electron chi connectivity index (χ1n) is 8.34. The molecule has 5 nitrogen and oxygen atoms in total. The van der Waals surface area contributed by atoms with Gasteiger partial charge in [-0.3, -0.25) is 9.80 Å². The lowest BCUT2D eigenvalue weighted by Crippen LogP contribution is -2.55. The third-order valence-electron chi connectivity index (χ3n) is 4.44. The predicted octanol–water partition coefficient (Wildman–Crippen LogP) is 1.24. The number of piperazine rings is 1. The summed E-state index contributed by atoms with van der Waals surface area (Å²) in [5.74, 6) is 0.157. The summed E-state index contributed by atoms with van der Waals surface area (Å²) >= 11 is 0. The van der Waals surface area contributed by atoms with Crippen LogP contribution >= 0.6 is 0 Å². The van der Waals surface area contributed by atoms with Crippen LogP contribution in [0.2, 0.25) is 0 Å². The molecule has 1 N–H and O–H groups in total. The molecule has 0 aliphatic carbocycles. The Labute approximate surface area is 139 Å². The van der Waals surface area contributed by atoms with Crippen LogP contribution in [-0.4, -0.2) is 73.9 Å². The van der Waals surface area contributed by atoms with Gasteiger partial charge < -0.3 is 5.11 Å². The molecule has 0 radical (unpaired) electrons. The van der Waals surface area contributed by atoms with E-state index in [0.717, 1.165) is 26.1 Å². The number of rotatable bonds is 7. The largest absolute Gasteiger partial charge is 0.392 e. The monoisotopic (exact) mass is 340 g/mol. The molecule has 0 amide bonds. The summed E-state index contributed by atoms with van der Waals surface area (Å²) < 4.78 is 24.7. The van der Waals surface area contributed by atoms with Crippen LogP contribution in [0.25, 0.3) is 0 Å². The standard InChI is InChI=1S/C17H28N2O3S/c1-3-16-14-18(9-10-19(16)13-15(2)20)11-12-23(21,22)17-7-5-4-6-8-17/h4-8,15-16,20H,3,9-14H2,1-2H3/t15-,16-/m0/s1. The Balaban J connectivity index is 1.90. The van der Waals surface area contributed by atoms with Gasteiger partial charge in [-0.05, 0) is 25.5 Å². The molecule has 6 heteroatoms. The van der Waals surface area contributed by atoms with E-state index in [0.29, 0.717) is 24.0 Å². The van der Waals surface area contributed by atoms with Crippen LogP contribution in [0.1, 0.15) is 20.3 Å². The molecule has 0 saturated carbocycles. The number of benzene rings is 1. The summed E-state index contributed by atoms with van der Waals surface area (Å²) in [4.78, 5) is 4.94. The van der Waals surface area contributed by atoms with Crippen molar-refractivity contribution in [1.29, 1.82) is 0 Å². The van der Waals surface area contributed by atoms with E-state index in [-0.39, 0.29) is 11.9 Å². The van der Waals surface area contributed by atoms with Crippen molar-refractivity contribution in [2.45, 2.75) is 37.3 Å². The summed E-state index contributed by atoms with van der Waals surface area (Å²) in [5, 5.41) is 9.59. The average molecular weight is 340 g/mol. The maximum absolute atomic E-state index is 12.4. The minimum atomic E-state index is -3.21. The van der Waals surface area contributed by atoms with E-state index < -0.39 is 9.84 Å². The Kier molecular flexibility index (Phi) is 6.59. The first-order chi connectivity index (χ1) is 10.9. The second kappa shape index (κ2) is 8.24. The zero-order valence-corrected chi connectivity index (χ0v) is 14.9. The van der Waals surface area contributed by atoms with Gasteiger partial charge in [-0.2, -0.15) is 0 Å². The number of nitrogens with zero attached hydrogens (tertiary/aromatic N) is 2. The van der Waals surface area contributed by atoms with E-state index in [1.54, 1.807) is 24.3 Å². The van der Waals surface area contributed by atoms with Crippen LogP contribution in [0.3, 0.4) is 0 Å². The van der Waals surface area contributed by atoms with Crippen LogP contribution in [0, 0.1) is 0 Å². The van der Waals surface area contributed by atoms with Gasteiger partial charge in [-0.25, -0.2) is 8.42 Å². The minimum absolute atomic E-state index is 0.157. The second-order valence-electron chi connectivity index (χ2n) is 6.34. The third kappa shape index (κ3) is 5.28. The van der Waals surface area contributed by atoms with E-state index in [9.17, 15) is 13.5 Å². The molecule has 1 saturated heterocycles. The molecule has 1 aliphatic heterocycles. The molecule has 0 spiro atoms. The van der Waals surface area contributed by atoms with Crippen LogP contribution in [0.4, 0.5) is 0 Å². The van der Waals surface area contributed by atoms with Crippen LogP contribution in [0.15, 0.2) is 35.2 Å². The van der Waals surface area contributed by atoms with Crippen LogP contribution in [0.5, 0.6) is 0 Å². The molecular weight excluding hydrogens is 312 g/mol. The fourth-order valence-corrected chi connectivity index (χ4v) is 4.43. The van der Waals surface area contributed by atoms with Crippen molar-refractivity contribution in [3.63, 3.8) is 0 Å². The van der Waals surface area contributed by atoms with Gasteiger partial charge in [0.1, 0.15) is 0 Å². The van der Waals surface area contributed by atoms with E-state index in [1.165, 1.54) is 0 Å². The number of hydrogen-bond donors (Lipinski definition) is 1. The molecule has 2 rings (SSSR count). The molecule has 0 bridgehead atoms. The molecule has 1 aromatic carbocycles. The number of aliphatic hydroxyl groups is 1. The van der Waals surface area contributed by atoms with Crippen molar-refractivity contribution >= 4 is 9.84 Å². The first-order valence-corrected chi connectivity index (χ1v) is 10.00. The van der Waals surface area contributed by atoms with Gasteiger partial charge in [0.05, 0.1) is 16.8 Å². The van der Waals surface area contributed by atoms with E-state index in [4.69, 9.17) is 0 Å². The quantitative estimate of drug-likeness (QED) is 0.809. The van der Waals surface area contributed by atoms with Crippen LogP contribution < -0.4 is 0 Å². The summed E-state index contributed by atoms with van der Waals surface area (Å²) in [6.45, 7) is 7.82. The number of hydrogen-bond acceptors (Lipinski definition) is 5. The summed E-state index contributed by atoms with van der Waals surface area (Å²) in [6, 6.07) is 9.04. The van der Waals surface area contributed by atoms with Gasteiger partial charge in [0.15, 0.2) is 9.84 Å². The number of aliphatic hydroxyl groups excluding tert-OH is 1. The van der Waals surface area contributed by atoms with Crippen molar-refractivity contribution < 1.29 is 13.5 Å². The lowest BCUT2D eigenvalue weighted by atomic mass is 10.1. The fraction of sp³-hybridized carbons (Fsp3) is 0.647. The highest BCUT2D eigenvalue weighted by Crippen LogP contribution is 2.15. The predicted molar refractivity (Wildman–Crippen MR) is 92.3 cm³/mol. The van der Waals surface area contributed by atoms with Gasteiger partial charge in [-0.1, -0.05) is 25.1 Å². The van der Waals surface area contributed by atoms with Crippen molar-refractivity contribution in [2.24, 2.45) is 0 Å². The molecule has 130 valence electrons. The molecule has 1 aromatic rings. The Morgan fingerprint density at radius 3 is 2.57 bits per heavy atom. The summed E-state index contributed by atoms with van der Waals surface area (Å²) in [5.41, 5.74) is 0. The second-order valence-corrected chi connectivity index (χ2v) is 8.45. The minimum Gasteiger partial charge on any atom is -0.392 e. The normalized spacial score (nSPS) is 22.1. The Bertz CT molecular complexity index is 575. The smallest absolute Gasteiger partial charge is 0.179 e. The van der Waals surface area contributed by atoms with Crippen molar-refractivity contribution in [1.82, 2.24) is 9.80 Å². The lowest BCUT2D eigenvalue weighted by molar-refractivity contribution is 0.0389. The van der Waals surface area contributed by atoms with Gasteiger partial charge >= 0.3 is 0 Å². The van der Waals surface area contributed by atoms with E-state index in [1.807, 2.05) is 13.0 Å². The van der Waals surface area contributed by atoms with Gasteiger partial charge in [0.25, 0.3) is 0 Å². The highest BCUT2D eigenvalue weighted by atomic mass is 32.2. The summed E-state index contributed by atoms with van der Waals surface area (Å²) in [7, 11) is -3.21. The maximum Gasteiger partial charge on any atom is 0.179 e. The Morgan fingerprint density at radius 1 is 1.26 bits per heavy atom. The zero-order valence-electron chi connectivity index (χ0n) is 14.1. The average Bonchev–Trinajstić information content (AvgIpc) is 2.54.